The predicted molar refractivity (Wildman–Crippen MR) is 90.0 cm³/mol. The highest BCUT2D eigenvalue weighted by atomic mass is 28.3. The Morgan fingerprint density at radius 2 is 1.79 bits per heavy atom. The van der Waals surface area contributed by atoms with Crippen LogP contribution in [-0.4, -0.2) is 62.0 Å². The van der Waals surface area contributed by atoms with Crippen LogP contribution >= 0.6 is 0 Å². The Bertz CT molecular complexity index is 572. The van der Waals surface area contributed by atoms with Crippen LogP contribution < -0.4 is 0 Å². The molecule has 4 rings (SSSR count). The normalized spacial score (nSPS) is 44.0. The number of carbonyl (C=O) groups is 1. The fraction of sp³-hybridized carbons (Fsp3) is 0.941. The molecular weight excluding hydrogens is 326 g/mol. The quantitative estimate of drug-likeness (QED) is 0.534. The van der Waals surface area contributed by atoms with Gasteiger partial charge >= 0.3 is 0 Å². The standard InChI is InChI=1S/C17H29NO5Si/c1-16(2,3)24(6,7)12-13(19)18-8-9-10(21-14(12)18)11-15(20-9)23-17(4,5)22-11/h9-12,14-15H,8H2,1-7H3/t9-,10+,11-,12-,14-,15-/m1/s1. The number of rotatable bonds is 1. The Balaban J connectivity index is 1.55. The lowest BCUT2D eigenvalue weighted by molar-refractivity contribution is -0.261. The third-order valence-corrected chi connectivity index (χ3v) is 12.6. The fourth-order valence-corrected chi connectivity index (χ4v) is 6.90. The van der Waals surface area contributed by atoms with E-state index in [2.05, 4.69) is 33.9 Å². The van der Waals surface area contributed by atoms with Crippen LogP contribution in [0.25, 0.3) is 0 Å². The van der Waals surface area contributed by atoms with Gasteiger partial charge in [-0.05, 0) is 18.9 Å². The van der Waals surface area contributed by atoms with Crippen LogP contribution in [0.15, 0.2) is 0 Å². The number of carbonyl (C=O) groups excluding carboxylic acids is 1. The summed E-state index contributed by atoms with van der Waals surface area (Å²) >= 11 is 0. The highest BCUT2D eigenvalue weighted by Crippen LogP contribution is 2.54. The van der Waals surface area contributed by atoms with Crippen LogP contribution in [-0.2, 0) is 23.7 Å². The zero-order valence-electron chi connectivity index (χ0n) is 15.7. The van der Waals surface area contributed by atoms with Crippen molar-refractivity contribution >= 4 is 14.0 Å². The summed E-state index contributed by atoms with van der Waals surface area (Å²) in [6.07, 6.45) is -1.04. The number of hydrogen-bond acceptors (Lipinski definition) is 5. The molecule has 0 aliphatic carbocycles. The van der Waals surface area contributed by atoms with Crippen molar-refractivity contribution in [3.05, 3.63) is 0 Å². The second-order valence-corrected chi connectivity index (χ2v) is 15.1. The molecule has 0 bridgehead atoms. The second kappa shape index (κ2) is 4.82. The van der Waals surface area contributed by atoms with Crippen molar-refractivity contribution in [2.24, 2.45) is 0 Å². The van der Waals surface area contributed by atoms with Crippen molar-refractivity contribution in [2.45, 2.75) is 94.9 Å². The lowest BCUT2D eigenvalue weighted by Crippen LogP contribution is -2.73. The van der Waals surface area contributed by atoms with E-state index < -0.39 is 20.2 Å². The third kappa shape index (κ3) is 2.18. The summed E-state index contributed by atoms with van der Waals surface area (Å²) in [6, 6.07) is 0. The third-order valence-electron chi connectivity index (χ3n) is 6.61. The fourth-order valence-electron chi connectivity index (χ4n) is 4.21. The van der Waals surface area contributed by atoms with Gasteiger partial charge in [-0.2, -0.15) is 0 Å². The molecule has 0 spiro atoms. The van der Waals surface area contributed by atoms with Crippen LogP contribution in [0.3, 0.4) is 0 Å². The largest absolute Gasteiger partial charge is 0.349 e. The average molecular weight is 356 g/mol. The van der Waals surface area contributed by atoms with Crippen LogP contribution in [0.4, 0.5) is 0 Å². The molecule has 7 heteroatoms. The van der Waals surface area contributed by atoms with Gasteiger partial charge in [-0.1, -0.05) is 33.9 Å². The Morgan fingerprint density at radius 1 is 1.12 bits per heavy atom. The molecule has 0 N–H and O–H groups in total. The van der Waals surface area contributed by atoms with Gasteiger partial charge in [0.15, 0.2) is 12.1 Å². The predicted octanol–water partition coefficient (Wildman–Crippen LogP) is 2.31. The monoisotopic (exact) mass is 355 g/mol. The van der Waals surface area contributed by atoms with E-state index in [4.69, 9.17) is 18.9 Å². The van der Waals surface area contributed by atoms with Crippen molar-refractivity contribution < 1.29 is 23.7 Å². The van der Waals surface area contributed by atoms with Gasteiger partial charge in [-0.3, -0.25) is 4.79 Å². The first-order valence-electron chi connectivity index (χ1n) is 8.89. The summed E-state index contributed by atoms with van der Waals surface area (Å²) in [6.45, 7) is 15.7. The maximum Gasteiger partial charge on any atom is 0.229 e. The minimum Gasteiger partial charge on any atom is -0.349 e. The number of amides is 1. The van der Waals surface area contributed by atoms with Crippen molar-refractivity contribution in [1.29, 1.82) is 0 Å². The van der Waals surface area contributed by atoms with Crippen molar-refractivity contribution in [3.8, 4) is 0 Å². The van der Waals surface area contributed by atoms with Crippen molar-refractivity contribution in [1.82, 2.24) is 4.90 Å². The summed E-state index contributed by atoms with van der Waals surface area (Å²) in [5.74, 6) is -0.414. The summed E-state index contributed by atoms with van der Waals surface area (Å²) in [4.78, 5) is 14.6. The van der Waals surface area contributed by atoms with Gasteiger partial charge in [0.25, 0.3) is 0 Å². The molecule has 4 saturated heterocycles. The summed E-state index contributed by atoms with van der Waals surface area (Å²) in [5, 5.41) is 0.142. The van der Waals surface area contributed by atoms with Gasteiger partial charge in [0.1, 0.15) is 24.5 Å². The first-order valence-corrected chi connectivity index (χ1v) is 12.0. The van der Waals surface area contributed by atoms with Crippen LogP contribution in [0.2, 0.25) is 23.7 Å². The molecule has 136 valence electrons. The van der Waals surface area contributed by atoms with E-state index in [1.807, 2.05) is 18.7 Å². The molecule has 4 heterocycles. The molecule has 0 unspecified atom stereocenters. The molecule has 4 aliphatic rings. The van der Waals surface area contributed by atoms with Gasteiger partial charge in [0.2, 0.25) is 5.91 Å². The highest BCUT2D eigenvalue weighted by molar-refractivity contribution is 6.84. The molecule has 6 nitrogen and oxygen atoms in total. The van der Waals surface area contributed by atoms with Gasteiger partial charge in [-0.15, -0.1) is 0 Å². The Kier molecular flexibility index (Phi) is 3.41. The molecule has 0 radical (unpaired) electrons. The zero-order valence-corrected chi connectivity index (χ0v) is 16.7. The molecule has 0 aromatic rings. The highest BCUT2D eigenvalue weighted by Gasteiger charge is 2.66. The molecule has 4 aliphatic heterocycles. The molecule has 0 aromatic heterocycles. The van der Waals surface area contributed by atoms with E-state index in [0.29, 0.717) is 6.54 Å². The number of β-lactam (4-membered cyclic amide) rings is 1. The lowest BCUT2D eigenvalue weighted by atomic mass is 10.0. The SMILES string of the molecule is CC1(C)O[C@H]2O[C@@H]3CN4C(=O)[C@@H]([Si](C)(C)C(C)(C)C)[C@H]4O[C@@H]3[C@H]2O1. The molecule has 4 fully saturated rings. The average Bonchev–Trinajstić information content (AvgIpc) is 2.87. The van der Waals surface area contributed by atoms with E-state index in [-0.39, 0.29) is 41.0 Å². The Morgan fingerprint density at radius 3 is 2.42 bits per heavy atom. The van der Waals surface area contributed by atoms with Gasteiger partial charge < -0.3 is 23.8 Å². The van der Waals surface area contributed by atoms with Crippen LogP contribution in [0, 0.1) is 0 Å². The molecule has 1 amide bonds. The molecule has 6 atom stereocenters. The first kappa shape index (κ1) is 17.0. The lowest BCUT2D eigenvalue weighted by Gasteiger charge is -2.59. The van der Waals surface area contributed by atoms with Crippen LogP contribution in [0.5, 0.6) is 0 Å². The van der Waals surface area contributed by atoms with E-state index in [1.165, 1.54) is 0 Å². The molecule has 24 heavy (non-hydrogen) atoms. The zero-order chi connectivity index (χ0) is 17.7. The van der Waals surface area contributed by atoms with Crippen LogP contribution in [0.1, 0.15) is 34.6 Å². The topological polar surface area (TPSA) is 57.2 Å². The first-order chi connectivity index (χ1) is 10.9. The van der Waals surface area contributed by atoms with E-state index in [9.17, 15) is 4.79 Å². The molecule has 0 aromatic carbocycles. The van der Waals surface area contributed by atoms with E-state index >= 15 is 0 Å². The molecular formula is C17H29NO5Si. The van der Waals surface area contributed by atoms with E-state index in [1.54, 1.807) is 0 Å². The summed E-state index contributed by atoms with van der Waals surface area (Å²) in [5.41, 5.74) is 0.00725. The number of fused-ring (bicyclic) bond motifs is 4. The van der Waals surface area contributed by atoms with Gasteiger partial charge in [0.05, 0.1) is 20.2 Å². The summed E-state index contributed by atoms with van der Waals surface area (Å²) < 4.78 is 24.2. The minimum atomic E-state index is -1.83. The second-order valence-electron chi connectivity index (χ2n) is 9.57. The van der Waals surface area contributed by atoms with Gasteiger partial charge in [-0.25, -0.2) is 0 Å². The summed E-state index contributed by atoms with van der Waals surface area (Å²) in [7, 11) is -1.83. The van der Waals surface area contributed by atoms with Gasteiger partial charge in [0, 0.05) is 0 Å². The number of ether oxygens (including phenoxy) is 4. The maximum atomic E-state index is 12.8. The number of hydrogen-bond donors (Lipinski definition) is 0. The number of nitrogens with zero attached hydrogens (tertiary/aromatic N) is 1. The Labute approximate surface area is 144 Å². The molecule has 0 saturated carbocycles. The van der Waals surface area contributed by atoms with Crippen molar-refractivity contribution in [2.75, 3.05) is 6.54 Å². The minimum absolute atomic E-state index is 0.00725. The van der Waals surface area contributed by atoms with Crippen molar-refractivity contribution in [3.63, 3.8) is 0 Å². The van der Waals surface area contributed by atoms with E-state index in [0.717, 1.165) is 0 Å². The Hall–Kier alpha value is -0.473. The smallest absolute Gasteiger partial charge is 0.229 e. The maximum absolute atomic E-state index is 12.8.